The minimum Gasteiger partial charge on any atom is -0.387 e. The normalized spacial score (nSPS) is 12.0. The summed E-state index contributed by atoms with van der Waals surface area (Å²) in [5.74, 6) is -0.333. The molecule has 0 saturated carbocycles. The Morgan fingerprint density at radius 2 is 2.00 bits per heavy atom. The molecule has 1 heterocycles. The number of nitrogens with zero attached hydrogens (tertiary/aromatic N) is 2. The van der Waals surface area contributed by atoms with Gasteiger partial charge in [-0.25, -0.2) is 0 Å². The van der Waals surface area contributed by atoms with Gasteiger partial charge in [-0.05, 0) is 55.6 Å². The molecule has 0 bridgehead atoms. The standard InChI is InChI=1S/C14H13Br2N3O4/c1-18-11(6-10(15)13(18)16)14(21)17-7-12(20)8-2-4-9(5-3-8)19(22)23/h2-6,12,20H,7H2,1H3,(H,17,21)/t12-/m1/s1. The maximum absolute atomic E-state index is 12.1. The Morgan fingerprint density at radius 3 is 2.48 bits per heavy atom. The topological polar surface area (TPSA) is 97.4 Å². The van der Waals surface area contributed by atoms with Crippen molar-refractivity contribution >= 4 is 43.5 Å². The van der Waals surface area contributed by atoms with E-state index in [4.69, 9.17) is 0 Å². The van der Waals surface area contributed by atoms with E-state index in [1.807, 2.05) is 0 Å². The van der Waals surface area contributed by atoms with Crippen LogP contribution in [0.15, 0.2) is 39.4 Å². The summed E-state index contributed by atoms with van der Waals surface area (Å²) in [5, 5.41) is 23.3. The highest BCUT2D eigenvalue weighted by molar-refractivity contribution is 9.13. The molecule has 0 spiro atoms. The van der Waals surface area contributed by atoms with E-state index in [0.717, 1.165) is 9.08 Å². The van der Waals surface area contributed by atoms with E-state index in [1.54, 1.807) is 17.7 Å². The predicted molar refractivity (Wildman–Crippen MR) is 91.2 cm³/mol. The highest BCUT2D eigenvalue weighted by Crippen LogP contribution is 2.26. The van der Waals surface area contributed by atoms with Crippen molar-refractivity contribution in [3.8, 4) is 0 Å². The number of amides is 1. The van der Waals surface area contributed by atoms with Gasteiger partial charge in [0.2, 0.25) is 0 Å². The number of rotatable bonds is 5. The molecule has 7 nitrogen and oxygen atoms in total. The molecule has 1 aromatic carbocycles. The van der Waals surface area contributed by atoms with Gasteiger partial charge in [0.15, 0.2) is 0 Å². The van der Waals surface area contributed by atoms with E-state index in [9.17, 15) is 20.0 Å². The number of benzene rings is 1. The Labute approximate surface area is 148 Å². The average Bonchev–Trinajstić information content (AvgIpc) is 2.80. The highest BCUT2D eigenvalue weighted by Gasteiger charge is 2.17. The van der Waals surface area contributed by atoms with Gasteiger partial charge < -0.3 is 15.0 Å². The second kappa shape index (κ2) is 7.24. The van der Waals surface area contributed by atoms with E-state index in [2.05, 4.69) is 37.2 Å². The summed E-state index contributed by atoms with van der Waals surface area (Å²) < 4.78 is 3.15. The lowest BCUT2D eigenvalue weighted by Gasteiger charge is -2.12. The molecular formula is C14H13Br2N3O4. The van der Waals surface area contributed by atoms with E-state index in [-0.39, 0.29) is 18.1 Å². The summed E-state index contributed by atoms with van der Waals surface area (Å²) in [6.45, 7) is -0.00291. The number of non-ortho nitro benzene ring substituents is 1. The van der Waals surface area contributed by atoms with Gasteiger partial charge in [0, 0.05) is 25.7 Å². The SMILES string of the molecule is Cn1c(C(=O)NC[C@@H](O)c2ccc([N+](=O)[O-])cc2)cc(Br)c1Br. The molecule has 0 aliphatic rings. The van der Waals surface area contributed by atoms with Gasteiger partial charge in [0.05, 0.1) is 20.1 Å². The molecule has 0 fully saturated rings. The van der Waals surface area contributed by atoms with Crippen molar-refractivity contribution in [3.05, 3.63) is 60.8 Å². The molecule has 1 amide bonds. The molecule has 1 aromatic heterocycles. The Morgan fingerprint density at radius 1 is 1.39 bits per heavy atom. The largest absolute Gasteiger partial charge is 0.387 e. The highest BCUT2D eigenvalue weighted by atomic mass is 79.9. The van der Waals surface area contributed by atoms with Crippen molar-refractivity contribution in [1.82, 2.24) is 9.88 Å². The van der Waals surface area contributed by atoms with Crippen LogP contribution in [-0.2, 0) is 7.05 Å². The number of aliphatic hydroxyl groups excluding tert-OH is 1. The second-order valence-corrected chi connectivity index (χ2v) is 6.41. The Kier molecular flexibility index (Phi) is 5.55. The smallest absolute Gasteiger partial charge is 0.269 e. The summed E-state index contributed by atoms with van der Waals surface area (Å²) in [4.78, 5) is 22.2. The number of nitro groups is 1. The number of carbonyl (C=O) groups is 1. The Balaban J connectivity index is 2.00. The number of halogens is 2. The number of hydrogen-bond acceptors (Lipinski definition) is 4. The molecule has 0 aliphatic carbocycles. The van der Waals surface area contributed by atoms with Crippen LogP contribution in [0.25, 0.3) is 0 Å². The molecule has 0 aliphatic heterocycles. The van der Waals surface area contributed by atoms with Crippen LogP contribution in [0.5, 0.6) is 0 Å². The number of carbonyl (C=O) groups excluding carboxylic acids is 1. The van der Waals surface area contributed by atoms with Crippen LogP contribution in [0.4, 0.5) is 5.69 Å². The summed E-state index contributed by atoms with van der Waals surface area (Å²) in [6.07, 6.45) is -0.952. The lowest BCUT2D eigenvalue weighted by Crippen LogP contribution is -2.29. The van der Waals surface area contributed by atoms with Gasteiger partial charge in [0.1, 0.15) is 5.69 Å². The quantitative estimate of drug-likeness (QED) is 0.545. The first-order valence-corrected chi connectivity index (χ1v) is 8.11. The Bertz CT molecular complexity index is 743. The van der Waals surface area contributed by atoms with Crippen LogP contribution >= 0.6 is 31.9 Å². The van der Waals surface area contributed by atoms with Gasteiger partial charge in [-0.1, -0.05) is 0 Å². The summed E-state index contributed by atoms with van der Waals surface area (Å²) in [6, 6.07) is 7.21. The van der Waals surface area contributed by atoms with E-state index < -0.39 is 11.0 Å². The minimum absolute atomic E-state index is 0.00291. The molecular weight excluding hydrogens is 434 g/mol. The van der Waals surface area contributed by atoms with Crippen molar-refractivity contribution in [1.29, 1.82) is 0 Å². The molecule has 0 radical (unpaired) electrons. The number of nitro benzene ring substituents is 1. The molecule has 23 heavy (non-hydrogen) atoms. The fraction of sp³-hybridized carbons (Fsp3) is 0.214. The van der Waals surface area contributed by atoms with Crippen molar-refractivity contribution in [2.45, 2.75) is 6.10 Å². The lowest BCUT2D eigenvalue weighted by atomic mass is 10.1. The number of aromatic nitrogens is 1. The first kappa shape index (κ1) is 17.6. The van der Waals surface area contributed by atoms with Crippen LogP contribution in [0, 0.1) is 10.1 Å². The van der Waals surface area contributed by atoms with Gasteiger partial charge in [-0.15, -0.1) is 0 Å². The molecule has 2 aromatic rings. The van der Waals surface area contributed by atoms with E-state index in [1.165, 1.54) is 24.3 Å². The first-order valence-electron chi connectivity index (χ1n) is 6.52. The summed E-state index contributed by atoms with van der Waals surface area (Å²) in [7, 11) is 1.73. The summed E-state index contributed by atoms with van der Waals surface area (Å²) >= 11 is 6.65. The first-order chi connectivity index (χ1) is 10.8. The second-order valence-electron chi connectivity index (χ2n) is 4.80. The van der Waals surface area contributed by atoms with Gasteiger partial charge in [0.25, 0.3) is 11.6 Å². The molecule has 9 heteroatoms. The number of nitrogens with one attached hydrogen (secondary N) is 1. The maximum Gasteiger partial charge on any atom is 0.269 e. The van der Waals surface area contributed by atoms with E-state index in [0.29, 0.717) is 11.3 Å². The van der Waals surface area contributed by atoms with Crippen molar-refractivity contribution in [2.75, 3.05) is 6.54 Å². The van der Waals surface area contributed by atoms with Crippen molar-refractivity contribution in [2.24, 2.45) is 7.05 Å². The molecule has 2 N–H and O–H groups in total. The third kappa shape index (κ3) is 3.98. The van der Waals surface area contributed by atoms with Gasteiger partial charge in [-0.2, -0.15) is 0 Å². The third-order valence-corrected chi connectivity index (χ3v) is 5.39. The molecule has 2 rings (SSSR count). The Hall–Kier alpha value is -1.71. The molecule has 1 atom stereocenters. The maximum atomic E-state index is 12.1. The molecule has 0 unspecified atom stereocenters. The van der Waals surface area contributed by atoms with Gasteiger partial charge in [-0.3, -0.25) is 14.9 Å². The van der Waals surface area contributed by atoms with Crippen molar-refractivity contribution in [3.63, 3.8) is 0 Å². The number of hydrogen-bond donors (Lipinski definition) is 2. The zero-order chi connectivity index (χ0) is 17.1. The van der Waals surface area contributed by atoms with Crippen LogP contribution in [0.2, 0.25) is 0 Å². The molecule has 122 valence electrons. The zero-order valence-corrected chi connectivity index (χ0v) is 15.2. The van der Waals surface area contributed by atoms with Crippen LogP contribution < -0.4 is 5.32 Å². The number of aliphatic hydroxyl groups is 1. The zero-order valence-electron chi connectivity index (χ0n) is 12.0. The fourth-order valence-corrected chi connectivity index (χ4v) is 2.76. The lowest BCUT2D eigenvalue weighted by molar-refractivity contribution is -0.384. The fourth-order valence-electron chi connectivity index (χ4n) is 1.98. The molecule has 0 saturated heterocycles. The third-order valence-electron chi connectivity index (χ3n) is 3.29. The van der Waals surface area contributed by atoms with Crippen molar-refractivity contribution < 1.29 is 14.8 Å². The summed E-state index contributed by atoms with van der Waals surface area (Å²) in [5.41, 5.74) is 0.869. The minimum atomic E-state index is -0.952. The van der Waals surface area contributed by atoms with Crippen LogP contribution in [0.1, 0.15) is 22.2 Å². The average molecular weight is 447 g/mol. The van der Waals surface area contributed by atoms with Crippen LogP contribution in [0.3, 0.4) is 0 Å². The predicted octanol–water partition coefficient (Wildman–Crippen LogP) is 2.92. The van der Waals surface area contributed by atoms with Gasteiger partial charge >= 0.3 is 0 Å². The van der Waals surface area contributed by atoms with E-state index >= 15 is 0 Å². The monoisotopic (exact) mass is 445 g/mol. The van der Waals surface area contributed by atoms with Crippen LogP contribution in [-0.4, -0.2) is 27.0 Å².